The second-order valence-corrected chi connectivity index (χ2v) is 6.68. The molecule has 0 radical (unpaired) electrons. The lowest BCUT2D eigenvalue weighted by Gasteiger charge is -2.28. The van der Waals surface area contributed by atoms with Crippen LogP contribution in [0.1, 0.15) is 27.4 Å². The molecule has 3 aromatic rings. The fraction of sp³-hybridized carbons (Fsp3) is 0.211. The number of nitrogen functional groups attached to an aromatic ring is 1. The SMILES string of the molecule is Cc1oc(-c2ccc(Cl)cc2)cc1C(=O)N1CCc2c(N)ncnc2C1. The molecule has 3 heterocycles. The summed E-state index contributed by atoms with van der Waals surface area (Å²) < 4.78 is 5.80. The Labute approximate surface area is 155 Å². The number of carbonyl (C=O) groups is 1. The van der Waals surface area contributed by atoms with Crippen molar-refractivity contribution in [2.45, 2.75) is 19.9 Å². The summed E-state index contributed by atoms with van der Waals surface area (Å²) in [7, 11) is 0. The minimum atomic E-state index is -0.0747. The molecule has 2 N–H and O–H groups in total. The first kappa shape index (κ1) is 16.6. The number of halogens is 1. The van der Waals surface area contributed by atoms with Gasteiger partial charge in [-0.15, -0.1) is 0 Å². The summed E-state index contributed by atoms with van der Waals surface area (Å²) in [6.45, 7) is 2.79. The van der Waals surface area contributed by atoms with E-state index in [1.165, 1.54) is 6.33 Å². The molecule has 7 heteroatoms. The third kappa shape index (κ3) is 2.93. The average molecular weight is 369 g/mol. The lowest BCUT2D eigenvalue weighted by Crippen LogP contribution is -2.37. The Bertz CT molecular complexity index is 982. The van der Waals surface area contributed by atoms with Gasteiger partial charge in [0.2, 0.25) is 0 Å². The first-order valence-corrected chi connectivity index (χ1v) is 8.64. The van der Waals surface area contributed by atoms with Crippen molar-refractivity contribution in [3.63, 3.8) is 0 Å². The molecular formula is C19H17ClN4O2. The van der Waals surface area contributed by atoms with Gasteiger partial charge in [0.25, 0.3) is 5.91 Å². The molecule has 1 amide bonds. The van der Waals surface area contributed by atoms with Crippen molar-refractivity contribution in [1.29, 1.82) is 0 Å². The Morgan fingerprint density at radius 3 is 2.81 bits per heavy atom. The molecule has 26 heavy (non-hydrogen) atoms. The van der Waals surface area contributed by atoms with Crippen molar-refractivity contribution in [1.82, 2.24) is 14.9 Å². The topological polar surface area (TPSA) is 85.2 Å². The van der Waals surface area contributed by atoms with Gasteiger partial charge < -0.3 is 15.1 Å². The normalized spacial score (nSPS) is 13.5. The molecule has 0 fully saturated rings. The first-order chi connectivity index (χ1) is 12.5. The molecule has 0 aliphatic carbocycles. The van der Waals surface area contributed by atoms with Gasteiger partial charge >= 0.3 is 0 Å². The number of aryl methyl sites for hydroxylation is 1. The molecule has 1 aromatic carbocycles. The van der Waals surface area contributed by atoms with Gasteiger partial charge in [0.1, 0.15) is 23.7 Å². The zero-order chi connectivity index (χ0) is 18.3. The molecule has 132 valence electrons. The predicted molar refractivity (Wildman–Crippen MR) is 98.8 cm³/mol. The van der Waals surface area contributed by atoms with Crippen LogP contribution in [0.3, 0.4) is 0 Å². The second-order valence-electron chi connectivity index (χ2n) is 6.25. The Kier molecular flexibility index (Phi) is 4.12. The predicted octanol–water partition coefficient (Wildman–Crippen LogP) is 3.48. The highest BCUT2D eigenvalue weighted by atomic mass is 35.5. The average Bonchev–Trinajstić information content (AvgIpc) is 3.03. The van der Waals surface area contributed by atoms with Crippen LogP contribution in [0.2, 0.25) is 5.02 Å². The van der Waals surface area contributed by atoms with E-state index in [2.05, 4.69) is 9.97 Å². The summed E-state index contributed by atoms with van der Waals surface area (Å²) in [5.41, 5.74) is 9.06. The second kappa shape index (κ2) is 6.46. The highest BCUT2D eigenvalue weighted by Gasteiger charge is 2.27. The van der Waals surface area contributed by atoms with Crippen LogP contribution in [0.5, 0.6) is 0 Å². The molecular weight excluding hydrogens is 352 g/mol. The molecule has 0 spiro atoms. The maximum Gasteiger partial charge on any atom is 0.257 e. The Morgan fingerprint density at radius 1 is 1.27 bits per heavy atom. The number of rotatable bonds is 2. The van der Waals surface area contributed by atoms with Gasteiger partial charge in [0, 0.05) is 22.7 Å². The largest absolute Gasteiger partial charge is 0.461 e. The lowest BCUT2D eigenvalue weighted by molar-refractivity contribution is 0.0730. The van der Waals surface area contributed by atoms with E-state index in [4.69, 9.17) is 21.8 Å². The summed E-state index contributed by atoms with van der Waals surface area (Å²) in [6.07, 6.45) is 2.08. The zero-order valence-corrected chi connectivity index (χ0v) is 15.0. The number of aromatic nitrogens is 2. The van der Waals surface area contributed by atoms with E-state index >= 15 is 0 Å². The molecule has 0 bridgehead atoms. The molecule has 2 aromatic heterocycles. The molecule has 0 unspecified atom stereocenters. The Morgan fingerprint density at radius 2 is 2.04 bits per heavy atom. The zero-order valence-electron chi connectivity index (χ0n) is 14.2. The van der Waals surface area contributed by atoms with E-state index in [9.17, 15) is 4.79 Å². The fourth-order valence-electron chi connectivity index (χ4n) is 3.17. The number of carbonyl (C=O) groups excluding carboxylic acids is 1. The lowest BCUT2D eigenvalue weighted by atomic mass is 10.0. The van der Waals surface area contributed by atoms with Gasteiger partial charge in [-0.05, 0) is 43.7 Å². The van der Waals surface area contributed by atoms with Crippen LogP contribution < -0.4 is 5.73 Å². The van der Waals surface area contributed by atoms with Gasteiger partial charge in [-0.3, -0.25) is 4.79 Å². The van der Waals surface area contributed by atoms with Crippen molar-refractivity contribution in [2.75, 3.05) is 12.3 Å². The van der Waals surface area contributed by atoms with Crippen molar-refractivity contribution in [3.8, 4) is 11.3 Å². The molecule has 0 atom stereocenters. The number of nitrogens with two attached hydrogens (primary N) is 1. The summed E-state index contributed by atoms with van der Waals surface area (Å²) in [6, 6.07) is 9.10. The molecule has 6 nitrogen and oxygen atoms in total. The molecule has 0 saturated carbocycles. The molecule has 1 aliphatic heterocycles. The van der Waals surface area contributed by atoms with Gasteiger partial charge in [0.15, 0.2) is 0 Å². The van der Waals surface area contributed by atoms with Crippen LogP contribution in [0.15, 0.2) is 41.1 Å². The van der Waals surface area contributed by atoms with Gasteiger partial charge in [-0.1, -0.05) is 11.6 Å². The number of hydrogen-bond acceptors (Lipinski definition) is 5. The number of anilines is 1. The number of hydrogen-bond donors (Lipinski definition) is 1. The van der Waals surface area contributed by atoms with Gasteiger partial charge in [-0.25, -0.2) is 9.97 Å². The number of furan rings is 1. The maximum atomic E-state index is 13.0. The fourth-order valence-corrected chi connectivity index (χ4v) is 3.30. The summed E-state index contributed by atoms with van der Waals surface area (Å²) in [5, 5.41) is 0.654. The Hall–Kier alpha value is -2.86. The van der Waals surface area contributed by atoms with Crippen LogP contribution >= 0.6 is 11.6 Å². The summed E-state index contributed by atoms with van der Waals surface area (Å²) >= 11 is 5.93. The molecule has 4 rings (SSSR count). The smallest absolute Gasteiger partial charge is 0.257 e. The van der Waals surface area contributed by atoms with Crippen molar-refractivity contribution in [3.05, 3.63) is 64.3 Å². The third-order valence-electron chi connectivity index (χ3n) is 4.60. The van der Waals surface area contributed by atoms with Crippen LogP contribution in [0.4, 0.5) is 5.82 Å². The van der Waals surface area contributed by atoms with E-state index in [1.54, 1.807) is 30.0 Å². The number of nitrogens with zero attached hydrogens (tertiary/aromatic N) is 3. The number of fused-ring (bicyclic) bond motifs is 1. The Balaban J connectivity index is 1.60. The third-order valence-corrected chi connectivity index (χ3v) is 4.86. The van der Waals surface area contributed by atoms with E-state index < -0.39 is 0 Å². The minimum absolute atomic E-state index is 0.0747. The van der Waals surface area contributed by atoms with Gasteiger partial charge in [-0.2, -0.15) is 0 Å². The van der Waals surface area contributed by atoms with Crippen LogP contribution in [0.25, 0.3) is 11.3 Å². The quantitative estimate of drug-likeness (QED) is 0.748. The van der Waals surface area contributed by atoms with E-state index in [0.717, 1.165) is 16.8 Å². The highest BCUT2D eigenvalue weighted by Crippen LogP contribution is 2.29. The van der Waals surface area contributed by atoms with Crippen molar-refractivity contribution < 1.29 is 9.21 Å². The van der Waals surface area contributed by atoms with Gasteiger partial charge in [0.05, 0.1) is 17.8 Å². The van der Waals surface area contributed by atoms with Crippen molar-refractivity contribution in [2.24, 2.45) is 0 Å². The number of amides is 1. The van der Waals surface area contributed by atoms with Crippen LogP contribution in [0, 0.1) is 6.92 Å². The van der Waals surface area contributed by atoms with Crippen molar-refractivity contribution >= 4 is 23.3 Å². The summed E-state index contributed by atoms with van der Waals surface area (Å²) in [4.78, 5) is 23.0. The van der Waals surface area contributed by atoms with E-state index in [1.807, 2.05) is 12.1 Å². The van der Waals surface area contributed by atoms with Crippen LogP contribution in [-0.4, -0.2) is 27.3 Å². The summed E-state index contributed by atoms with van der Waals surface area (Å²) in [5.74, 6) is 1.65. The molecule has 0 saturated heterocycles. The van der Waals surface area contributed by atoms with E-state index in [0.29, 0.717) is 47.4 Å². The van der Waals surface area contributed by atoms with E-state index in [-0.39, 0.29) is 5.91 Å². The van der Waals surface area contributed by atoms with Crippen LogP contribution in [-0.2, 0) is 13.0 Å². The molecule has 1 aliphatic rings. The monoisotopic (exact) mass is 368 g/mol. The standard InChI is InChI=1S/C19H17ClN4O2/c1-11-15(8-17(26-11)12-2-4-13(20)5-3-12)19(25)24-7-6-14-16(9-24)22-10-23-18(14)21/h2-5,8,10H,6-7,9H2,1H3,(H2,21,22,23). The number of benzene rings is 1. The highest BCUT2D eigenvalue weighted by molar-refractivity contribution is 6.30. The first-order valence-electron chi connectivity index (χ1n) is 8.27. The maximum absolute atomic E-state index is 13.0. The minimum Gasteiger partial charge on any atom is -0.461 e.